The Labute approximate surface area is 111 Å². The molecule has 0 radical (unpaired) electrons. The van der Waals surface area contributed by atoms with Crippen molar-refractivity contribution in [3.63, 3.8) is 0 Å². The average Bonchev–Trinajstić information content (AvgIpc) is 2.34. The third kappa shape index (κ3) is 3.67. The molecule has 18 heavy (non-hydrogen) atoms. The summed E-state index contributed by atoms with van der Waals surface area (Å²) in [6.45, 7) is 6.83. The van der Waals surface area contributed by atoms with Crippen molar-refractivity contribution in [3.8, 4) is 0 Å². The number of aliphatic imine (C=N–C) groups is 1. The van der Waals surface area contributed by atoms with E-state index in [4.69, 9.17) is 4.99 Å². The van der Waals surface area contributed by atoms with Crippen LogP contribution < -0.4 is 0 Å². The lowest BCUT2D eigenvalue weighted by Gasteiger charge is -2.29. The summed E-state index contributed by atoms with van der Waals surface area (Å²) >= 11 is 0. The Morgan fingerprint density at radius 3 is 2.72 bits per heavy atom. The van der Waals surface area contributed by atoms with E-state index in [1.807, 2.05) is 0 Å². The number of rotatable bonds is 3. The molecule has 1 fully saturated rings. The Morgan fingerprint density at radius 1 is 1.33 bits per heavy atom. The molecule has 0 aromatic heterocycles. The van der Waals surface area contributed by atoms with E-state index in [2.05, 4.69) is 56.1 Å². The molecule has 1 aliphatic heterocycles. The molecular weight excluding hydrogens is 220 g/mol. The van der Waals surface area contributed by atoms with Gasteiger partial charge in [0.15, 0.2) is 0 Å². The lowest BCUT2D eigenvalue weighted by molar-refractivity contribution is 0.298. The van der Waals surface area contributed by atoms with E-state index in [0.29, 0.717) is 12.0 Å². The van der Waals surface area contributed by atoms with E-state index in [0.717, 1.165) is 25.9 Å². The Balaban J connectivity index is 1.95. The van der Waals surface area contributed by atoms with Gasteiger partial charge in [0.05, 0.1) is 6.04 Å². The predicted molar refractivity (Wildman–Crippen MR) is 78.3 cm³/mol. The van der Waals surface area contributed by atoms with Gasteiger partial charge in [-0.1, -0.05) is 37.3 Å². The Bertz CT molecular complexity index is 397. The number of likely N-dealkylation sites (tertiary alicyclic amines) is 1. The number of piperidine rings is 1. The van der Waals surface area contributed by atoms with Gasteiger partial charge >= 0.3 is 0 Å². The van der Waals surface area contributed by atoms with Crippen LogP contribution in [0, 0.1) is 5.92 Å². The van der Waals surface area contributed by atoms with Crippen LogP contribution in [-0.4, -0.2) is 36.8 Å². The highest BCUT2D eigenvalue weighted by molar-refractivity contribution is 5.87. The monoisotopic (exact) mass is 244 g/mol. The van der Waals surface area contributed by atoms with Gasteiger partial charge in [-0.2, -0.15) is 0 Å². The molecule has 0 N–H and O–H groups in total. The largest absolute Gasteiger partial charge is 0.305 e. The second-order valence-corrected chi connectivity index (χ2v) is 5.57. The molecule has 1 aromatic carbocycles. The van der Waals surface area contributed by atoms with E-state index >= 15 is 0 Å². The highest BCUT2D eigenvalue weighted by Gasteiger charge is 2.19. The molecule has 2 atom stereocenters. The van der Waals surface area contributed by atoms with Gasteiger partial charge in [0.2, 0.25) is 0 Å². The van der Waals surface area contributed by atoms with Crippen molar-refractivity contribution in [2.45, 2.75) is 32.7 Å². The maximum absolute atomic E-state index is 4.94. The molecule has 1 aliphatic rings. The molecule has 2 nitrogen and oxygen atoms in total. The molecule has 1 aromatic rings. The van der Waals surface area contributed by atoms with Crippen molar-refractivity contribution in [2.24, 2.45) is 10.9 Å². The topological polar surface area (TPSA) is 15.6 Å². The Hall–Kier alpha value is -1.15. The maximum atomic E-state index is 4.94. The van der Waals surface area contributed by atoms with Crippen LogP contribution in [-0.2, 0) is 6.42 Å². The van der Waals surface area contributed by atoms with Crippen LogP contribution in [0.3, 0.4) is 0 Å². The van der Waals surface area contributed by atoms with Crippen molar-refractivity contribution in [3.05, 3.63) is 35.9 Å². The zero-order valence-electron chi connectivity index (χ0n) is 11.8. The fourth-order valence-corrected chi connectivity index (χ4v) is 2.69. The summed E-state index contributed by atoms with van der Waals surface area (Å²) in [4.78, 5) is 7.33. The fraction of sp³-hybridized carbons (Fsp3) is 0.562. The van der Waals surface area contributed by atoms with Crippen molar-refractivity contribution in [1.29, 1.82) is 0 Å². The molecule has 2 heteroatoms. The van der Waals surface area contributed by atoms with Gasteiger partial charge in [-0.05, 0) is 32.4 Å². The first-order valence-electron chi connectivity index (χ1n) is 6.94. The molecule has 2 unspecified atom stereocenters. The third-order valence-electron chi connectivity index (χ3n) is 3.66. The van der Waals surface area contributed by atoms with Crippen molar-refractivity contribution in [2.75, 3.05) is 20.1 Å². The summed E-state index contributed by atoms with van der Waals surface area (Å²) in [6.07, 6.45) is 2.18. The summed E-state index contributed by atoms with van der Waals surface area (Å²) in [5.41, 5.74) is 2.80. The Kier molecular flexibility index (Phi) is 4.54. The minimum absolute atomic E-state index is 0.397. The molecule has 0 spiro atoms. The summed E-state index contributed by atoms with van der Waals surface area (Å²) < 4.78 is 0. The Morgan fingerprint density at radius 2 is 2.06 bits per heavy atom. The second kappa shape index (κ2) is 6.14. The van der Waals surface area contributed by atoms with E-state index in [-0.39, 0.29) is 0 Å². The van der Waals surface area contributed by atoms with Crippen LogP contribution in [0.1, 0.15) is 25.8 Å². The summed E-state index contributed by atoms with van der Waals surface area (Å²) in [7, 11) is 2.20. The molecular formula is C16H24N2. The minimum Gasteiger partial charge on any atom is -0.305 e. The van der Waals surface area contributed by atoms with Crippen LogP contribution in [0.25, 0.3) is 0 Å². The van der Waals surface area contributed by atoms with Crippen LogP contribution in [0.15, 0.2) is 35.3 Å². The summed E-state index contributed by atoms with van der Waals surface area (Å²) in [5.74, 6) is 0.613. The second-order valence-electron chi connectivity index (χ2n) is 5.57. The van der Waals surface area contributed by atoms with Crippen molar-refractivity contribution < 1.29 is 0 Å². The number of nitrogens with zero attached hydrogens (tertiary/aromatic N) is 2. The fourth-order valence-electron chi connectivity index (χ4n) is 2.69. The first-order valence-corrected chi connectivity index (χ1v) is 6.94. The molecule has 2 rings (SSSR count). The number of hydrogen-bond acceptors (Lipinski definition) is 2. The van der Waals surface area contributed by atoms with Crippen LogP contribution in [0.4, 0.5) is 0 Å². The molecule has 0 saturated carbocycles. The van der Waals surface area contributed by atoms with Crippen molar-refractivity contribution >= 4 is 5.71 Å². The predicted octanol–water partition coefficient (Wildman–Crippen LogP) is 3.03. The van der Waals surface area contributed by atoms with Gasteiger partial charge in [-0.3, -0.25) is 4.99 Å². The minimum atomic E-state index is 0.397. The maximum Gasteiger partial charge on any atom is 0.0511 e. The van der Waals surface area contributed by atoms with E-state index in [9.17, 15) is 0 Å². The summed E-state index contributed by atoms with van der Waals surface area (Å²) in [6, 6.07) is 11.1. The first-order chi connectivity index (χ1) is 8.65. The number of hydrogen-bond donors (Lipinski definition) is 0. The average molecular weight is 244 g/mol. The van der Waals surface area contributed by atoms with Gasteiger partial charge in [0.25, 0.3) is 0 Å². The SMILES string of the molecule is CC(Cc1ccccc1)N=C1CCN(C)CC1C. The zero-order valence-corrected chi connectivity index (χ0v) is 11.8. The van der Waals surface area contributed by atoms with E-state index < -0.39 is 0 Å². The van der Waals surface area contributed by atoms with Gasteiger partial charge < -0.3 is 4.90 Å². The molecule has 0 amide bonds. The third-order valence-corrected chi connectivity index (χ3v) is 3.66. The van der Waals surface area contributed by atoms with Gasteiger partial charge in [0, 0.05) is 24.7 Å². The normalized spacial score (nSPS) is 25.3. The molecule has 1 saturated heterocycles. The van der Waals surface area contributed by atoms with E-state index in [1.165, 1.54) is 11.3 Å². The quantitative estimate of drug-likeness (QED) is 0.798. The molecule has 0 aliphatic carbocycles. The standard InChI is InChI=1S/C16H24N2/c1-13-12-18(3)10-9-16(13)17-14(2)11-15-7-5-4-6-8-15/h4-8,13-14H,9-12H2,1-3H3. The highest BCUT2D eigenvalue weighted by atomic mass is 15.1. The van der Waals surface area contributed by atoms with E-state index in [1.54, 1.807) is 0 Å². The summed E-state index contributed by atoms with van der Waals surface area (Å²) in [5, 5.41) is 0. The molecule has 0 bridgehead atoms. The smallest absolute Gasteiger partial charge is 0.0511 e. The lowest BCUT2D eigenvalue weighted by Crippen LogP contribution is -2.37. The first kappa shape index (κ1) is 13.3. The van der Waals surface area contributed by atoms with Gasteiger partial charge in [-0.15, -0.1) is 0 Å². The van der Waals surface area contributed by atoms with Crippen LogP contribution >= 0.6 is 0 Å². The van der Waals surface area contributed by atoms with Crippen LogP contribution in [0.5, 0.6) is 0 Å². The van der Waals surface area contributed by atoms with Crippen LogP contribution in [0.2, 0.25) is 0 Å². The zero-order chi connectivity index (χ0) is 13.0. The number of benzene rings is 1. The van der Waals surface area contributed by atoms with Crippen molar-refractivity contribution in [1.82, 2.24) is 4.90 Å². The highest BCUT2D eigenvalue weighted by Crippen LogP contribution is 2.15. The van der Waals surface area contributed by atoms with Gasteiger partial charge in [-0.25, -0.2) is 0 Å². The molecule has 98 valence electrons. The molecule has 1 heterocycles. The van der Waals surface area contributed by atoms with Gasteiger partial charge in [0.1, 0.15) is 0 Å². The lowest BCUT2D eigenvalue weighted by atomic mass is 9.97.